The SMILES string of the molecule is Cc1cccnc1-c1ccc2c(c1)CCCC2. The third-order valence-corrected chi connectivity index (χ3v) is 3.63. The van der Waals surface area contributed by atoms with Crippen LogP contribution in [0.2, 0.25) is 0 Å². The zero-order chi connectivity index (χ0) is 11.7. The predicted molar refractivity (Wildman–Crippen MR) is 71.1 cm³/mol. The van der Waals surface area contributed by atoms with Crippen LogP contribution in [0.1, 0.15) is 29.5 Å². The maximum atomic E-state index is 4.50. The molecular formula is C16H17N. The molecule has 86 valence electrons. The van der Waals surface area contributed by atoms with Gasteiger partial charge in [-0.15, -0.1) is 0 Å². The summed E-state index contributed by atoms with van der Waals surface area (Å²) < 4.78 is 0. The monoisotopic (exact) mass is 223 g/mol. The Labute approximate surface area is 103 Å². The van der Waals surface area contributed by atoms with Crippen molar-refractivity contribution in [2.24, 2.45) is 0 Å². The van der Waals surface area contributed by atoms with Gasteiger partial charge in [0, 0.05) is 11.8 Å². The highest BCUT2D eigenvalue weighted by Crippen LogP contribution is 2.27. The van der Waals surface area contributed by atoms with Gasteiger partial charge < -0.3 is 0 Å². The van der Waals surface area contributed by atoms with E-state index in [9.17, 15) is 0 Å². The lowest BCUT2D eigenvalue weighted by molar-refractivity contribution is 0.686. The van der Waals surface area contributed by atoms with E-state index in [1.54, 1.807) is 0 Å². The zero-order valence-corrected chi connectivity index (χ0v) is 10.2. The molecule has 0 aliphatic heterocycles. The summed E-state index contributed by atoms with van der Waals surface area (Å²) in [5, 5.41) is 0. The van der Waals surface area contributed by atoms with E-state index in [0.717, 1.165) is 5.69 Å². The van der Waals surface area contributed by atoms with E-state index in [-0.39, 0.29) is 0 Å². The summed E-state index contributed by atoms with van der Waals surface area (Å²) in [5.74, 6) is 0. The number of rotatable bonds is 1. The van der Waals surface area contributed by atoms with Crippen molar-refractivity contribution in [1.82, 2.24) is 4.98 Å². The number of pyridine rings is 1. The zero-order valence-electron chi connectivity index (χ0n) is 10.2. The number of aryl methyl sites for hydroxylation is 3. The van der Waals surface area contributed by atoms with Crippen LogP contribution in [0.3, 0.4) is 0 Å². The standard InChI is InChI=1S/C16H17N/c1-12-5-4-10-17-16(12)15-9-8-13-6-2-3-7-14(13)11-15/h4-5,8-11H,2-3,6-7H2,1H3. The Bertz CT molecular complexity index is 543. The number of hydrogen-bond donors (Lipinski definition) is 0. The third-order valence-electron chi connectivity index (χ3n) is 3.63. The van der Waals surface area contributed by atoms with Gasteiger partial charge >= 0.3 is 0 Å². The molecule has 1 aromatic heterocycles. The van der Waals surface area contributed by atoms with Crippen LogP contribution < -0.4 is 0 Å². The Morgan fingerprint density at radius 3 is 2.65 bits per heavy atom. The van der Waals surface area contributed by atoms with Crippen LogP contribution in [0.5, 0.6) is 0 Å². The van der Waals surface area contributed by atoms with Crippen molar-refractivity contribution < 1.29 is 0 Å². The molecule has 0 amide bonds. The van der Waals surface area contributed by atoms with Crippen LogP contribution in [0.25, 0.3) is 11.3 Å². The van der Waals surface area contributed by atoms with Crippen LogP contribution >= 0.6 is 0 Å². The lowest BCUT2D eigenvalue weighted by Gasteiger charge is -2.16. The van der Waals surface area contributed by atoms with Gasteiger partial charge in [0.05, 0.1) is 5.69 Å². The summed E-state index contributed by atoms with van der Waals surface area (Å²) in [6.07, 6.45) is 7.03. The predicted octanol–water partition coefficient (Wildman–Crippen LogP) is 3.94. The van der Waals surface area contributed by atoms with Gasteiger partial charge in [-0.05, 0) is 61.4 Å². The van der Waals surface area contributed by atoms with Gasteiger partial charge in [0.25, 0.3) is 0 Å². The topological polar surface area (TPSA) is 12.9 Å². The van der Waals surface area contributed by atoms with Crippen molar-refractivity contribution in [3.63, 3.8) is 0 Å². The molecule has 1 aliphatic carbocycles. The summed E-state index contributed by atoms with van der Waals surface area (Å²) >= 11 is 0. The molecule has 0 fully saturated rings. The van der Waals surface area contributed by atoms with Gasteiger partial charge in [-0.1, -0.05) is 18.2 Å². The second-order valence-corrected chi connectivity index (χ2v) is 4.86. The molecule has 1 nitrogen and oxygen atoms in total. The van der Waals surface area contributed by atoms with Crippen molar-refractivity contribution >= 4 is 0 Å². The summed E-state index contributed by atoms with van der Waals surface area (Å²) in [5.41, 5.74) is 6.71. The van der Waals surface area contributed by atoms with Crippen molar-refractivity contribution in [2.75, 3.05) is 0 Å². The maximum Gasteiger partial charge on any atom is 0.0731 e. The van der Waals surface area contributed by atoms with E-state index < -0.39 is 0 Å². The normalized spacial score (nSPS) is 14.4. The maximum absolute atomic E-state index is 4.50. The lowest BCUT2D eigenvalue weighted by Crippen LogP contribution is -2.02. The van der Waals surface area contributed by atoms with E-state index in [1.807, 2.05) is 12.3 Å². The number of hydrogen-bond acceptors (Lipinski definition) is 1. The first-order chi connectivity index (χ1) is 8.34. The Morgan fingerprint density at radius 2 is 1.82 bits per heavy atom. The Kier molecular flexibility index (Phi) is 2.68. The molecule has 1 aromatic carbocycles. The second-order valence-electron chi connectivity index (χ2n) is 4.86. The molecule has 17 heavy (non-hydrogen) atoms. The van der Waals surface area contributed by atoms with Crippen molar-refractivity contribution in [3.05, 3.63) is 53.2 Å². The van der Waals surface area contributed by atoms with Crippen molar-refractivity contribution in [3.8, 4) is 11.3 Å². The van der Waals surface area contributed by atoms with Gasteiger partial charge in [0.15, 0.2) is 0 Å². The average molecular weight is 223 g/mol. The summed E-state index contributed by atoms with van der Waals surface area (Å²) in [7, 11) is 0. The average Bonchev–Trinajstić information content (AvgIpc) is 2.39. The highest BCUT2D eigenvalue weighted by Gasteiger charge is 2.11. The van der Waals surface area contributed by atoms with E-state index in [2.05, 4.69) is 36.2 Å². The molecule has 0 spiro atoms. The molecule has 2 aromatic rings. The molecule has 0 saturated carbocycles. The molecule has 0 unspecified atom stereocenters. The highest BCUT2D eigenvalue weighted by molar-refractivity contribution is 5.64. The van der Waals surface area contributed by atoms with Gasteiger partial charge in [-0.3, -0.25) is 4.98 Å². The fourth-order valence-electron chi connectivity index (χ4n) is 2.67. The quantitative estimate of drug-likeness (QED) is 0.713. The number of aromatic nitrogens is 1. The minimum atomic E-state index is 1.13. The minimum absolute atomic E-state index is 1.13. The first-order valence-corrected chi connectivity index (χ1v) is 6.38. The molecular weight excluding hydrogens is 206 g/mol. The molecule has 0 atom stereocenters. The van der Waals surface area contributed by atoms with Crippen LogP contribution in [0.4, 0.5) is 0 Å². The molecule has 0 saturated heterocycles. The van der Waals surface area contributed by atoms with E-state index in [1.165, 1.54) is 47.9 Å². The van der Waals surface area contributed by atoms with Gasteiger partial charge in [-0.2, -0.15) is 0 Å². The fraction of sp³-hybridized carbons (Fsp3) is 0.312. The Morgan fingerprint density at radius 1 is 1.00 bits per heavy atom. The first-order valence-electron chi connectivity index (χ1n) is 6.38. The van der Waals surface area contributed by atoms with Crippen LogP contribution in [0.15, 0.2) is 36.5 Å². The third kappa shape index (κ3) is 1.97. The minimum Gasteiger partial charge on any atom is -0.256 e. The largest absolute Gasteiger partial charge is 0.256 e. The summed E-state index contributed by atoms with van der Waals surface area (Å²) in [6.45, 7) is 2.13. The summed E-state index contributed by atoms with van der Waals surface area (Å²) in [6, 6.07) is 11.0. The molecule has 1 heteroatoms. The molecule has 1 aliphatic rings. The van der Waals surface area contributed by atoms with Crippen molar-refractivity contribution in [1.29, 1.82) is 0 Å². The van der Waals surface area contributed by atoms with E-state index >= 15 is 0 Å². The smallest absolute Gasteiger partial charge is 0.0731 e. The van der Waals surface area contributed by atoms with Crippen LogP contribution in [0, 0.1) is 6.92 Å². The summed E-state index contributed by atoms with van der Waals surface area (Å²) in [4.78, 5) is 4.50. The lowest BCUT2D eigenvalue weighted by atomic mass is 9.89. The molecule has 0 radical (unpaired) electrons. The Balaban J connectivity index is 2.07. The van der Waals surface area contributed by atoms with Gasteiger partial charge in [0.2, 0.25) is 0 Å². The molecule has 0 N–H and O–H groups in total. The van der Waals surface area contributed by atoms with Crippen LogP contribution in [-0.2, 0) is 12.8 Å². The second kappa shape index (κ2) is 4.33. The molecule has 0 bridgehead atoms. The van der Waals surface area contributed by atoms with E-state index in [4.69, 9.17) is 0 Å². The first kappa shape index (κ1) is 10.5. The number of fused-ring (bicyclic) bond motifs is 1. The van der Waals surface area contributed by atoms with Gasteiger partial charge in [-0.25, -0.2) is 0 Å². The molecule has 3 rings (SSSR count). The Hall–Kier alpha value is -1.63. The molecule has 1 heterocycles. The number of benzene rings is 1. The fourth-order valence-corrected chi connectivity index (χ4v) is 2.67. The van der Waals surface area contributed by atoms with Crippen LogP contribution in [-0.4, -0.2) is 4.98 Å². The van der Waals surface area contributed by atoms with E-state index in [0.29, 0.717) is 0 Å². The van der Waals surface area contributed by atoms with Gasteiger partial charge in [0.1, 0.15) is 0 Å². The highest BCUT2D eigenvalue weighted by atomic mass is 14.7. The van der Waals surface area contributed by atoms with Crippen molar-refractivity contribution in [2.45, 2.75) is 32.6 Å². The number of nitrogens with zero attached hydrogens (tertiary/aromatic N) is 1.